The molecule has 1 amide bonds. The average molecular weight is 394 g/mol. The standard InChI is InChI=1S/C17H16F2N4OS2/c1-10(16(24)20-14-6-5-11(18)8-13(14)19)26-17-22-21-15(23(17)2)9-12-4-3-7-25-12/h3-8,10H,9H2,1-2H3,(H,20,24)/t10-/m0/s1. The molecule has 0 radical (unpaired) electrons. The molecule has 0 saturated heterocycles. The van der Waals surface area contributed by atoms with Gasteiger partial charge in [0.05, 0.1) is 10.9 Å². The van der Waals surface area contributed by atoms with Gasteiger partial charge in [0.1, 0.15) is 17.5 Å². The lowest BCUT2D eigenvalue weighted by Gasteiger charge is -2.12. The van der Waals surface area contributed by atoms with Gasteiger partial charge < -0.3 is 9.88 Å². The SMILES string of the molecule is C[C@H](Sc1nnc(Cc2cccs2)n1C)C(=O)Nc1ccc(F)cc1F. The fourth-order valence-corrected chi connectivity index (χ4v) is 3.74. The topological polar surface area (TPSA) is 59.8 Å². The number of nitrogens with zero attached hydrogens (tertiary/aromatic N) is 3. The highest BCUT2D eigenvalue weighted by Crippen LogP contribution is 2.24. The number of carbonyl (C=O) groups excluding carboxylic acids is 1. The van der Waals surface area contributed by atoms with Crippen molar-refractivity contribution in [2.45, 2.75) is 23.8 Å². The molecule has 3 aromatic rings. The van der Waals surface area contributed by atoms with E-state index in [1.807, 2.05) is 29.1 Å². The van der Waals surface area contributed by atoms with Crippen LogP contribution in [-0.2, 0) is 18.3 Å². The summed E-state index contributed by atoms with van der Waals surface area (Å²) >= 11 is 2.87. The van der Waals surface area contributed by atoms with E-state index in [0.29, 0.717) is 11.6 Å². The summed E-state index contributed by atoms with van der Waals surface area (Å²) in [6, 6.07) is 7.02. The van der Waals surface area contributed by atoms with E-state index in [1.165, 1.54) is 22.7 Å². The van der Waals surface area contributed by atoms with Crippen LogP contribution in [0.2, 0.25) is 0 Å². The lowest BCUT2D eigenvalue weighted by Crippen LogP contribution is -2.23. The predicted octanol–water partition coefficient (Wildman–Crippen LogP) is 3.86. The molecule has 0 fully saturated rings. The molecule has 1 N–H and O–H groups in total. The number of hydrogen-bond acceptors (Lipinski definition) is 5. The fourth-order valence-electron chi connectivity index (χ4n) is 2.21. The molecule has 0 bridgehead atoms. The van der Waals surface area contributed by atoms with Crippen molar-refractivity contribution < 1.29 is 13.6 Å². The maximum Gasteiger partial charge on any atom is 0.237 e. The third kappa shape index (κ3) is 4.28. The summed E-state index contributed by atoms with van der Waals surface area (Å²) in [5.41, 5.74) is -0.0554. The summed E-state index contributed by atoms with van der Waals surface area (Å²) in [5.74, 6) is -1.11. The molecule has 1 atom stereocenters. The Balaban J connectivity index is 1.64. The second-order valence-electron chi connectivity index (χ2n) is 5.59. The van der Waals surface area contributed by atoms with Gasteiger partial charge in [0, 0.05) is 24.4 Å². The number of amides is 1. The minimum atomic E-state index is -0.813. The molecule has 5 nitrogen and oxygen atoms in total. The fraction of sp³-hybridized carbons (Fsp3) is 0.235. The maximum atomic E-state index is 13.7. The molecule has 2 aromatic heterocycles. The summed E-state index contributed by atoms with van der Waals surface area (Å²) in [4.78, 5) is 13.5. The third-order valence-corrected chi connectivity index (χ3v) is 5.69. The molecule has 2 heterocycles. The van der Waals surface area contributed by atoms with Crippen LogP contribution in [0.1, 0.15) is 17.6 Å². The second-order valence-corrected chi connectivity index (χ2v) is 7.93. The molecule has 0 aliphatic rings. The molecule has 0 aliphatic carbocycles. The van der Waals surface area contributed by atoms with Crippen LogP contribution < -0.4 is 5.32 Å². The molecular weight excluding hydrogens is 378 g/mol. The van der Waals surface area contributed by atoms with E-state index < -0.39 is 22.8 Å². The van der Waals surface area contributed by atoms with Crippen LogP contribution in [0, 0.1) is 11.6 Å². The van der Waals surface area contributed by atoms with Gasteiger partial charge in [-0.05, 0) is 30.5 Å². The zero-order valence-corrected chi connectivity index (χ0v) is 15.7. The lowest BCUT2D eigenvalue weighted by molar-refractivity contribution is -0.115. The molecule has 0 unspecified atom stereocenters. The van der Waals surface area contributed by atoms with E-state index in [1.54, 1.807) is 18.3 Å². The van der Waals surface area contributed by atoms with Gasteiger partial charge in [-0.15, -0.1) is 21.5 Å². The summed E-state index contributed by atoms with van der Waals surface area (Å²) in [6.45, 7) is 1.69. The predicted molar refractivity (Wildman–Crippen MR) is 98.4 cm³/mol. The van der Waals surface area contributed by atoms with Gasteiger partial charge in [-0.3, -0.25) is 4.79 Å². The summed E-state index contributed by atoms with van der Waals surface area (Å²) < 4.78 is 28.4. The largest absolute Gasteiger partial charge is 0.323 e. The third-order valence-electron chi connectivity index (χ3n) is 3.68. The highest BCUT2D eigenvalue weighted by molar-refractivity contribution is 8.00. The van der Waals surface area contributed by atoms with Crippen molar-refractivity contribution in [3.8, 4) is 0 Å². The number of halogens is 2. The van der Waals surface area contributed by atoms with Crippen molar-refractivity contribution in [1.82, 2.24) is 14.8 Å². The maximum absolute atomic E-state index is 13.7. The number of thiophene rings is 1. The van der Waals surface area contributed by atoms with Gasteiger partial charge in [-0.25, -0.2) is 8.78 Å². The average Bonchev–Trinajstić information content (AvgIpc) is 3.22. The van der Waals surface area contributed by atoms with E-state index in [4.69, 9.17) is 0 Å². The van der Waals surface area contributed by atoms with Crippen LogP contribution in [0.5, 0.6) is 0 Å². The van der Waals surface area contributed by atoms with Crippen molar-refractivity contribution in [2.75, 3.05) is 5.32 Å². The van der Waals surface area contributed by atoms with E-state index in [2.05, 4.69) is 15.5 Å². The molecule has 1 aromatic carbocycles. The summed E-state index contributed by atoms with van der Waals surface area (Å²) in [7, 11) is 1.84. The van der Waals surface area contributed by atoms with Gasteiger partial charge in [-0.1, -0.05) is 17.8 Å². The first-order valence-electron chi connectivity index (χ1n) is 7.77. The molecular formula is C17H16F2N4OS2. The molecule has 0 aliphatic heterocycles. The van der Waals surface area contributed by atoms with Crippen LogP contribution in [0.15, 0.2) is 40.9 Å². The van der Waals surface area contributed by atoms with Gasteiger partial charge >= 0.3 is 0 Å². The minimum absolute atomic E-state index is 0.0554. The Kier molecular flexibility index (Phi) is 5.67. The van der Waals surface area contributed by atoms with Crippen LogP contribution in [0.3, 0.4) is 0 Å². The molecule has 3 rings (SSSR count). The number of carbonyl (C=O) groups is 1. The van der Waals surface area contributed by atoms with Gasteiger partial charge in [0.2, 0.25) is 5.91 Å². The van der Waals surface area contributed by atoms with Gasteiger partial charge in [0.25, 0.3) is 0 Å². The number of anilines is 1. The Hall–Kier alpha value is -2.26. The molecule has 26 heavy (non-hydrogen) atoms. The van der Waals surface area contributed by atoms with Crippen LogP contribution in [0.25, 0.3) is 0 Å². The Morgan fingerprint density at radius 1 is 1.35 bits per heavy atom. The Morgan fingerprint density at radius 2 is 2.15 bits per heavy atom. The first-order valence-corrected chi connectivity index (χ1v) is 9.53. The zero-order chi connectivity index (χ0) is 18.7. The number of benzene rings is 1. The summed E-state index contributed by atoms with van der Waals surface area (Å²) in [5, 5.41) is 12.8. The highest BCUT2D eigenvalue weighted by atomic mass is 32.2. The Morgan fingerprint density at radius 3 is 2.85 bits per heavy atom. The first-order chi connectivity index (χ1) is 12.4. The highest BCUT2D eigenvalue weighted by Gasteiger charge is 2.20. The molecule has 9 heteroatoms. The van der Waals surface area contributed by atoms with Crippen LogP contribution in [0.4, 0.5) is 14.5 Å². The molecule has 136 valence electrons. The molecule has 0 spiro atoms. The number of rotatable bonds is 6. The van der Waals surface area contributed by atoms with Crippen LogP contribution >= 0.6 is 23.1 Å². The Labute approximate surface area is 157 Å². The number of hydrogen-bond donors (Lipinski definition) is 1. The smallest absolute Gasteiger partial charge is 0.237 e. The van der Waals surface area contributed by atoms with E-state index in [0.717, 1.165) is 18.0 Å². The van der Waals surface area contributed by atoms with E-state index >= 15 is 0 Å². The number of aromatic nitrogens is 3. The van der Waals surface area contributed by atoms with Crippen LogP contribution in [-0.4, -0.2) is 25.9 Å². The number of nitrogens with one attached hydrogen (secondary N) is 1. The quantitative estimate of drug-likeness (QED) is 0.645. The number of thioether (sulfide) groups is 1. The zero-order valence-electron chi connectivity index (χ0n) is 14.1. The van der Waals surface area contributed by atoms with Crippen molar-refractivity contribution in [3.63, 3.8) is 0 Å². The van der Waals surface area contributed by atoms with Crippen molar-refractivity contribution in [3.05, 3.63) is 58.0 Å². The van der Waals surface area contributed by atoms with Crippen molar-refractivity contribution >= 4 is 34.7 Å². The van der Waals surface area contributed by atoms with Gasteiger partial charge in [0.15, 0.2) is 5.16 Å². The van der Waals surface area contributed by atoms with E-state index in [-0.39, 0.29) is 5.69 Å². The van der Waals surface area contributed by atoms with Gasteiger partial charge in [-0.2, -0.15) is 0 Å². The normalized spacial score (nSPS) is 12.2. The second kappa shape index (κ2) is 7.96. The monoisotopic (exact) mass is 394 g/mol. The molecule has 0 saturated carbocycles. The summed E-state index contributed by atoms with van der Waals surface area (Å²) in [6.07, 6.45) is 0.670. The minimum Gasteiger partial charge on any atom is -0.323 e. The Bertz CT molecular complexity index is 912. The van der Waals surface area contributed by atoms with E-state index in [9.17, 15) is 13.6 Å². The first kappa shape index (κ1) is 18.5. The van der Waals surface area contributed by atoms with Crippen molar-refractivity contribution in [2.24, 2.45) is 7.05 Å². The van der Waals surface area contributed by atoms with Crippen molar-refractivity contribution in [1.29, 1.82) is 0 Å². The lowest BCUT2D eigenvalue weighted by atomic mass is 10.3.